The predicted octanol–water partition coefficient (Wildman–Crippen LogP) is 3.29. The van der Waals surface area contributed by atoms with Crippen molar-refractivity contribution in [2.75, 3.05) is 11.9 Å². The van der Waals surface area contributed by atoms with Gasteiger partial charge in [0.15, 0.2) is 0 Å². The van der Waals surface area contributed by atoms with Gasteiger partial charge >= 0.3 is 5.97 Å². The maximum atomic E-state index is 11.2. The predicted molar refractivity (Wildman–Crippen MR) is 75.1 cm³/mol. The van der Waals surface area contributed by atoms with Crippen LogP contribution in [-0.4, -0.2) is 22.5 Å². The molecule has 20 heavy (non-hydrogen) atoms. The molecule has 0 unspecified atom stereocenters. The molecular formula is C14H18N2O4. The van der Waals surface area contributed by atoms with Crippen LogP contribution in [0.4, 0.5) is 11.4 Å². The highest BCUT2D eigenvalue weighted by Gasteiger charge is 2.30. The third-order valence-electron chi connectivity index (χ3n) is 3.97. The molecule has 6 nitrogen and oxygen atoms in total. The highest BCUT2D eigenvalue weighted by atomic mass is 16.6. The van der Waals surface area contributed by atoms with Gasteiger partial charge in [0.05, 0.1) is 10.5 Å². The quantitative estimate of drug-likeness (QED) is 0.637. The van der Waals surface area contributed by atoms with Crippen molar-refractivity contribution in [3.63, 3.8) is 0 Å². The number of rotatable bonds is 5. The van der Waals surface area contributed by atoms with Gasteiger partial charge in [0.2, 0.25) is 0 Å². The molecule has 1 aliphatic rings. The van der Waals surface area contributed by atoms with E-state index >= 15 is 0 Å². The van der Waals surface area contributed by atoms with Gasteiger partial charge in [-0.2, -0.15) is 0 Å². The van der Waals surface area contributed by atoms with Crippen LogP contribution >= 0.6 is 0 Å². The molecule has 0 amide bonds. The number of hydrogen-bond donors (Lipinski definition) is 2. The highest BCUT2D eigenvalue weighted by Crippen LogP contribution is 2.38. The van der Waals surface area contributed by atoms with Crippen molar-refractivity contribution in [1.29, 1.82) is 0 Å². The zero-order valence-corrected chi connectivity index (χ0v) is 11.4. The van der Waals surface area contributed by atoms with E-state index in [1.54, 1.807) is 0 Å². The van der Waals surface area contributed by atoms with E-state index in [9.17, 15) is 14.9 Å². The van der Waals surface area contributed by atoms with Crippen LogP contribution in [0, 0.1) is 15.5 Å². The lowest BCUT2D eigenvalue weighted by Crippen LogP contribution is -2.24. The summed E-state index contributed by atoms with van der Waals surface area (Å²) < 4.78 is 0. The first kappa shape index (κ1) is 14.3. The molecule has 1 saturated carbocycles. The van der Waals surface area contributed by atoms with E-state index in [0.29, 0.717) is 6.54 Å². The van der Waals surface area contributed by atoms with Gasteiger partial charge < -0.3 is 10.4 Å². The molecule has 0 heterocycles. The molecular weight excluding hydrogens is 260 g/mol. The topological polar surface area (TPSA) is 92.5 Å². The van der Waals surface area contributed by atoms with Crippen LogP contribution < -0.4 is 5.32 Å². The molecule has 0 saturated heterocycles. The number of carboxylic acid groups (broad SMARTS) is 1. The fraction of sp³-hybridized carbons (Fsp3) is 0.500. The Morgan fingerprint density at radius 2 is 2.10 bits per heavy atom. The molecule has 1 fully saturated rings. The number of aromatic carboxylic acids is 1. The van der Waals surface area contributed by atoms with Gasteiger partial charge in [-0.1, -0.05) is 25.8 Å². The molecule has 1 aromatic carbocycles. The third kappa shape index (κ3) is 2.89. The second-order valence-corrected chi connectivity index (χ2v) is 5.63. The first-order valence-corrected chi connectivity index (χ1v) is 6.67. The summed E-state index contributed by atoms with van der Waals surface area (Å²) in [6, 6.07) is 4.10. The van der Waals surface area contributed by atoms with E-state index < -0.39 is 10.9 Å². The van der Waals surface area contributed by atoms with Crippen LogP contribution in [-0.2, 0) is 0 Å². The fourth-order valence-electron chi connectivity index (χ4n) is 2.76. The van der Waals surface area contributed by atoms with Gasteiger partial charge in [-0.25, -0.2) is 4.79 Å². The van der Waals surface area contributed by atoms with Crippen molar-refractivity contribution in [3.8, 4) is 0 Å². The van der Waals surface area contributed by atoms with Gasteiger partial charge in [-0.3, -0.25) is 10.1 Å². The number of nitro benzene ring substituents is 1. The molecule has 0 bridgehead atoms. The number of anilines is 1. The summed E-state index contributed by atoms with van der Waals surface area (Å²) in [7, 11) is 0. The highest BCUT2D eigenvalue weighted by molar-refractivity contribution is 5.96. The summed E-state index contributed by atoms with van der Waals surface area (Å²) in [6.45, 7) is 2.68. The Morgan fingerprint density at radius 1 is 1.45 bits per heavy atom. The van der Waals surface area contributed by atoms with Crippen molar-refractivity contribution in [2.24, 2.45) is 5.41 Å². The summed E-state index contributed by atoms with van der Waals surface area (Å²) in [5.74, 6) is -1.16. The Labute approximate surface area is 117 Å². The Hall–Kier alpha value is -2.11. The van der Waals surface area contributed by atoms with Crippen LogP contribution in [0.1, 0.15) is 43.0 Å². The number of carbonyl (C=O) groups is 1. The molecule has 2 rings (SSSR count). The zero-order chi connectivity index (χ0) is 14.8. The van der Waals surface area contributed by atoms with Gasteiger partial charge in [0.25, 0.3) is 5.69 Å². The van der Waals surface area contributed by atoms with E-state index in [-0.39, 0.29) is 22.4 Å². The van der Waals surface area contributed by atoms with Crippen molar-refractivity contribution < 1.29 is 14.8 Å². The molecule has 0 atom stereocenters. The largest absolute Gasteiger partial charge is 0.478 e. The Bertz CT molecular complexity index is 504. The average Bonchev–Trinajstić information content (AvgIpc) is 2.83. The second-order valence-electron chi connectivity index (χ2n) is 5.63. The lowest BCUT2D eigenvalue weighted by Gasteiger charge is -2.24. The molecule has 6 heteroatoms. The summed E-state index contributed by atoms with van der Waals surface area (Å²) in [5.41, 5.74) is -0.0511. The molecule has 0 radical (unpaired) electrons. The average molecular weight is 278 g/mol. The van der Waals surface area contributed by atoms with E-state index in [1.807, 2.05) is 0 Å². The van der Waals surface area contributed by atoms with E-state index in [1.165, 1.54) is 18.2 Å². The molecule has 108 valence electrons. The van der Waals surface area contributed by atoms with Gasteiger partial charge in [0, 0.05) is 12.6 Å². The molecule has 0 aromatic heterocycles. The number of carboxylic acids is 1. The van der Waals surface area contributed by atoms with E-state index in [4.69, 9.17) is 5.11 Å². The number of nitrogens with one attached hydrogen (secondary N) is 1. The molecule has 0 spiro atoms. The first-order chi connectivity index (χ1) is 9.43. The summed E-state index contributed by atoms with van der Waals surface area (Å²) in [6.07, 6.45) is 4.42. The Balaban J connectivity index is 2.28. The van der Waals surface area contributed by atoms with Crippen molar-refractivity contribution in [3.05, 3.63) is 33.9 Å². The minimum Gasteiger partial charge on any atom is -0.478 e. The first-order valence-electron chi connectivity index (χ1n) is 6.67. The van der Waals surface area contributed by atoms with Crippen LogP contribution in [0.15, 0.2) is 18.2 Å². The minimum atomic E-state index is -1.16. The summed E-state index contributed by atoms with van der Waals surface area (Å²) in [5, 5.41) is 23.2. The Morgan fingerprint density at radius 3 is 2.65 bits per heavy atom. The maximum absolute atomic E-state index is 11.2. The van der Waals surface area contributed by atoms with E-state index in [2.05, 4.69) is 12.2 Å². The van der Waals surface area contributed by atoms with Crippen molar-refractivity contribution in [2.45, 2.75) is 32.6 Å². The number of benzene rings is 1. The smallest absolute Gasteiger partial charge is 0.338 e. The third-order valence-corrected chi connectivity index (χ3v) is 3.97. The molecule has 1 aromatic rings. The Kier molecular flexibility index (Phi) is 3.92. The SMILES string of the molecule is CC1(CNc2c(C(=O)O)cccc2[N+](=O)[O-])CCCC1. The minimum absolute atomic E-state index is 0.0548. The van der Waals surface area contributed by atoms with Crippen molar-refractivity contribution in [1.82, 2.24) is 0 Å². The van der Waals surface area contributed by atoms with Crippen molar-refractivity contribution >= 4 is 17.3 Å². The van der Waals surface area contributed by atoms with Gasteiger partial charge in [-0.15, -0.1) is 0 Å². The lowest BCUT2D eigenvalue weighted by atomic mass is 9.88. The number of nitrogens with zero attached hydrogens (tertiary/aromatic N) is 1. The standard InChI is InChI=1S/C14H18N2O4/c1-14(7-2-3-8-14)9-15-12-10(13(17)18)5-4-6-11(12)16(19)20/h4-6,15H,2-3,7-9H2,1H3,(H,17,18). The van der Waals surface area contributed by atoms with Crippen LogP contribution in [0.5, 0.6) is 0 Å². The molecule has 2 N–H and O–H groups in total. The summed E-state index contributed by atoms with van der Waals surface area (Å²) >= 11 is 0. The second kappa shape index (κ2) is 5.48. The normalized spacial score (nSPS) is 16.9. The monoisotopic (exact) mass is 278 g/mol. The fourth-order valence-corrected chi connectivity index (χ4v) is 2.76. The number of hydrogen-bond acceptors (Lipinski definition) is 4. The van der Waals surface area contributed by atoms with Crippen LogP contribution in [0.2, 0.25) is 0 Å². The number of para-hydroxylation sites is 1. The van der Waals surface area contributed by atoms with Gasteiger partial charge in [0.1, 0.15) is 5.69 Å². The molecule has 0 aliphatic heterocycles. The lowest BCUT2D eigenvalue weighted by molar-refractivity contribution is -0.384. The number of nitro groups is 1. The zero-order valence-electron chi connectivity index (χ0n) is 11.4. The van der Waals surface area contributed by atoms with Crippen LogP contribution in [0.3, 0.4) is 0 Å². The van der Waals surface area contributed by atoms with E-state index in [0.717, 1.165) is 25.7 Å². The maximum Gasteiger partial charge on any atom is 0.338 e. The summed E-state index contributed by atoms with van der Waals surface area (Å²) in [4.78, 5) is 21.7. The van der Waals surface area contributed by atoms with Gasteiger partial charge in [-0.05, 0) is 24.3 Å². The molecule has 1 aliphatic carbocycles. The van der Waals surface area contributed by atoms with Crippen LogP contribution in [0.25, 0.3) is 0 Å².